The molecular weight excluding hydrogens is 960 g/mol. The van der Waals surface area contributed by atoms with Gasteiger partial charge in [0.15, 0.2) is 0 Å². The minimum absolute atomic E-state index is 0.0471. The zero-order valence-corrected chi connectivity index (χ0v) is 40.1. The van der Waals surface area contributed by atoms with Crippen molar-refractivity contribution in [2.24, 2.45) is 0 Å². The number of aryl methyl sites for hydroxylation is 1. The Morgan fingerprint density at radius 2 is 1.63 bits per heavy atom. The molecule has 3 N–H and O–H groups in total. The van der Waals surface area contributed by atoms with Gasteiger partial charge in [-0.1, -0.05) is 6.92 Å². The zero-order chi connectivity index (χ0) is 47.8. The number of amides is 2. The summed E-state index contributed by atoms with van der Waals surface area (Å²) in [5, 5.41) is 8.97. The lowest BCUT2D eigenvalue weighted by molar-refractivity contribution is -0.137. The van der Waals surface area contributed by atoms with E-state index in [9.17, 15) is 27.3 Å². The number of hydrogen-bond acceptors (Lipinski definition) is 12. The van der Waals surface area contributed by atoms with Crippen molar-refractivity contribution in [3.63, 3.8) is 0 Å². The summed E-state index contributed by atoms with van der Waals surface area (Å²) in [5.74, 6) is -2.54. The van der Waals surface area contributed by atoms with Crippen molar-refractivity contribution in [1.82, 2.24) is 30.1 Å². The third kappa shape index (κ3) is 10.7. The fourth-order valence-corrected chi connectivity index (χ4v) is 11.2. The van der Waals surface area contributed by atoms with Crippen LogP contribution in [0.1, 0.15) is 60.8 Å². The van der Waals surface area contributed by atoms with Crippen molar-refractivity contribution < 1.29 is 40.8 Å². The molecular formula is C47H52BrF5N9O4P. The molecule has 13 nitrogen and oxygen atoms in total. The van der Waals surface area contributed by atoms with Gasteiger partial charge >= 0.3 is 6.18 Å². The van der Waals surface area contributed by atoms with Gasteiger partial charge in [-0.15, -0.1) is 0 Å². The summed E-state index contributed by atoms with van der Waals surface area (Å²) in [4.78, 5) is 44.6. The Balaban J connectivity index is 0.885. The number of aromatic nitrogens is 3. The zero-order valence-electron chi connectivity index (χ0n) is 37.6. The number of alkyl halides is 3. The summed E-state index contributed by atoms with van der Waals surface area (Å²) in [6.45, 7) is 10.9. The maximum Gasteiger partial charge on any atom is 0.416 e. The minimum atomic E-state index is -4.59. The van der Waals surface area contributed by atoms with Crippen LogP contribution in [0.25, 0.3) is 10.9 Å². The van der Waals surface area contributed by atoms with Gasteiger partial charge in [-0.2, -0.15) is 18.2 Å². The van der Waals surface area contributed by atoms with E-state index in [1.807, 2.05) is 12.1 Å². The first-order chi connectivity index (χ1) is 31.9. The number of carbonyl (C=O) groups excluding carboxylic acids is 2. The molecule has 5 heterocycles. The summed E-state index contributed by atoms with van der Waals surface area (Å²) >= 11 is 3.48. The lowest BCUT2D eigenvalue weighted by atomic mass is 9.89. The van der Waals surface area contributed by atoms with Crippen molar-refractivity contribution in [2.45, 2.75) is 63.6 Å². The van der Waals surface area contributed by atoms with E-state index >= 15 is 8.78 Å². The summed E-state index contributed by atoms with van der Waals surface area (Å²) < 4.78 is 91.3. The third-order valence-electron chi connectivity index (χ3n) is 12.9. The van der Waals surface area contributed by atoms with Crippen molar-refractivity contribution in [2.75, 3.05) is 81.8 Å². The minimum Gasteiger partial charge on any atom is -0.494 e. The average molecular weight is 1010 g/mol. The number of anilines is 5. The van der Waals surface area contributed by atoms with E-state index < -0.39 is 48.2 Å². The van der Waals surface area contributed by atoms with Crippen molar-refractivity contribution >= 4 is 79.9 Å². The number of pyridine rings is 1. The largest absolute Gasteiger partial charge is 0.494 e. The van der Waals surface area contributed by atoms with Crippen LogP contribution in [0.5, 0.6) is 5.75 Å². The Kier molecular flexibility index (Phi) is 14.2. The number of piperazine rings is 1. The second kappa shape index (κ2) is 19.8. The Morgan fingerprint density at radius 1 is 0.910 bits per heavy atom. The van der Waals surface area contributed by atoms with E-state index in [1.54, 1.807) is 7.11 Å². The molecule has 3 aliphatic rings. The molecule has 3 aromatic carbocycles. The highest BCUT2D eigenvalue weighted by atomic mass is 79.9. The van der Waals surface area contributed by atoms with Crippen LogP contribution in [0.4, 0.5) is 50.8 Å². The van der Waals surface area contributed by atoms with Crippen LogP contribution in [0.3, 0.4) is 0 Å². The maximum absolute atomic E-state index is 15.1. The van der Waals surface area contributed by atoms with Gasteiger partial charge in [-0.3, -0.25) is 24.8 Å². The number of piperidine rings is 2. The topological polar surface area (TPSA) is 145 Å². The number of methoxy groups -OCH3 is 1. The van der Waals surface area contributed by atoms with Crippen LogP contribution in [0.15, 0.2) is 59.3 Å². The Bertz CT molecular complexity index is 2720. The second-order valence-electron chi connectivity index (χ2n) is 17.6. The summed E-state index contributed by atoms with van der Waals surface area (Å²) in [6.07, 6.45) is 1.70. The van der Waals surface area contributed by atoms with Crippen LogP contribution >= 0.6 is 23.1 Å². The Hall–Kier alpha value is -5.23. The van der Waals surface area contributed by atoms with E-state index in [1.165, 1.54) is 43.9 Å². The molecule has 0 spiro atoms. The fourth-order valence-electron chi connectivity index (χ4n) is 9.44. The third-order valence-corrected chi connectivity index (χ3v) is 15.0. The Labute approximate surface area is 393 Å². The highest BCUT2D eigenvalue weighted by Gasteiger charge is 2.34. The molecule has 2 amide bonds. The highest BCUT2D eigenvalue weighted by molar-refractivity contribution is 9.10. The summed E-state index contributed by atoms with van der Waals surface area (Å²) in [6, 6.07) is 10.3. The molecule has 2 aromatic heterocycles. The number of nitrogens with zero attached hydrogens (tertiary/aromatic N) is 6. The highest BCUT2D eigenvalue weighted by Crippen LogP contribution is 2.43. The monoisotopic (exact) mass is 1010 g/mol. The first-order valence-electron chi connectivity index (χ1n) is 22.3. The van der Waals surface area contributed by atoms with Crippen LogP contribution in [0.2, 0.25) is 0 Å². The van der Waals surface area contributed by atoms with Crippen molar-refractivity contribution in [3.05, 3.63) is 93.2 Å². The number of halogens is 6. The molecule has 0 radical (unpaired) electrons. The van der Waals surface area contributed by atoms with Crippen LogP contribution in [-0.4, -0.2) is 109 Å². The lowest BCUT2D eigenvalue weighted by Gasteiger charge is -2.43. The molecule has 8 rings (SSSR count). The van der Waals surface area contributed by atoms with Gasteiger partial charge in [0.05, 0.1) is 46.2 Å². The molecule has 0 bridgehead atoms. The standard InChI is InChI=1S/C47H52BrF5N9O4P/c1-5-28-22-37(57-46-55-25-33(48)44(59-46)56-38-26-54-36-8-6-29(47(51,52)53)23-32(36)43(38)67(3,4)65)40(66-2)24-39(28)62-14-11-30(12-15-62)61-18-16-60(17-19-61)13-10-27-20-34(49)42(35(50)21-27)31-7-9-41(63)58-45(31)64/h6,8,20-26,30-31H,5,7,9-19H2,1-4H3,(H,58,63,64)(H2,55,56,57,59). The molecule has 20 heteroatoms. The number of rotatable bonds is 13. The summed E-state index contributed by atoms with van der Waals surface area (Å²) in [5.41, 5.74) is 2.76. The SMILES string of the molecule is CCc1cc(Nc2ncc(Br)c(Nc3cnc4ccc(C(F)(F)F)cc4c3P(C)(C)=O)n2)c(OC)cc1N1CCC(N2CCN(CCc3cc(F)c(C4CCC(=O)NC4=O)c(F)c3)CC2)CC1. The molecule has 1 atom stereocenters. The number of benzene rings is 3. The van der Waals surface area contributed by atoms with E-state index in [2.05, 4.69) is 68.5 Å². The smallest absolute Gasteiger partial charge is 0.416 e. The van der Waals surface area contributed by atoms with Crippen molar-refractivity contribution in [3.8, 4) is 5.75 Å². The number of fused-ring (bicyclic) bond motifs is 1. The molecule has 5 aromatic rings. The molecule has 356 valence electrons. The first kappa shape index (κ1) is 48.2. The van der Waals surface area contributed by atoms with E-state index in [4.69, 9.17) is 4.74 Å². The van der Waals surface area contributed by atoms with Gasteiger partial charge in [0.25, 0.3) is 0 Å². The molecule has 3 fully saturated rings. The fraction of sp³-hybridized carbons (Fsp3) is 0.426. The van der Waals surface area contributed by atoms with Crippen molar-refractivity contribution in [1.29, 1.82) is 0 Å². The number of nitrogens with one attached hydrogen (secondary N) is 3. The van der Waals surface area contributed by atoms with Gasteiger partial charge in [0, 0.05) is 92.5 Å². The van der Waals surface area contributed by atoms with E-state index in [0.29, 0.717) is 40.5 Å². The van der Waals surface area contributed by atoms with Gasteiger partial charge in [0.2, 0.25) is 17.8 Å². The van der Waals surface area contributed by atoms with Gasteiger partial charge in [0.1, 0.15) is 30.3 Å². The predicted molar refractivity (Wildman–Crippen MR) is 253 cm³/mol. The number of imide groups is 1. The number of carbonyl (C=O) groups is 2. The average Bonchev–Trinajstić information content (AvgIpc) is 3.29. The van der Waals surface area contributed by atoms with E-state index in [-0.39, 0.29) is 52.1 Å². The molecule has 1 unspecified atom stereocenters. The van der Waals surface area contributed by atoms with Crippen LogP contribution in [0, 0.1) is 11.6 Å². The number of ether oxygens (including phenoxy) is 1. The van der Waals surface area contributed by atoms with Crippen LogP contribution < -0.4 is 30.9 Å². The number of hydrogen-bond donors (Lipinski definition) is 3. The molecule has 3 saturated heterocycles. The first-order valence-corrected chi connectivity index (χ1v) is 25.7. The van der Waals surface area contributed by atoms with E-state index in [0.717, 1.165) is 81.9 Å². The normalized spacial score (nSPS) is 18.1. The van der Waals surface area contributed by atoms with Gasteiger partial charge in [-0.05, 0) is 109 Å². The maximum atomic E-state index is 15.1. The van der Waals surface area contributed by atoms with Crippen LogP contribution in [-0.2, 0) is 33.2 Å². The molecule has 3 aliphatic heterocycles. The molecule has 67 heavy (non-hydrogen) atoms. The molecule has 0 aliphatic carbocycles. The van der Waals surface area contributed by atoms with Gasteiger partial charge < -0.3 is 29.7 Å². The lowest BCUT2D eigenvalue weighted by Crippen LogP contribution is -2.53. The quantitative estimate of drug-likeness (QED) is 0.0590. The predicted octanol–water partition coefficient (Wildman–Crippen LogP) is 8.74. The van der Waals surface area contributed by atoms with Gasteiger partial charge in [-0.25, -0.2) is 13.8 Å². The second-order valence-corrected chi connectivity index (χ2v) is 21.6. The molecule has 0 saturated carbocycles. The Morgan fingerprint density at radius 3 is 2.27 bits per heavy atom. The summed E-state index contributed by atoms with van der Waals surface area (Å²) in [7, 11) is -1.57.